The maximum Gasteiger partial charge on any atom is 0.230 e. The van der Waals surface area contributed by atoms with Gasteiger partial charge in [0, 0.05) is 0 Å². The molecule has 0 bridgehead atoms. The van der Waals surface area contributed by atoms with E-state index in [1.807, 2.05) is 0 Å². The van der Waals surface area contributed by atoms with Gasteiger partial charge in [0.25, 0.3) is 0 Å². The highest BCUT2D eigenvalue weighted by Crippen LogP contribution is 1.96. The van der Waals surface area contributed by atoms with Crippen molar-refractivity contribution < 1.29 is 9.32 Å². The molecule has 1 aromatic heterocycles. The second-order valence-electron chi connectivity index (χ2n) is 2.69. The number of nitrogens with zero attached hydrogens (tertiary/aromatic N) is 2. The summed E-state index contributed by atoms with van der Waals surface area (Å²) in [6, 6.07) is 0. The first-order valence-corrected chi connectivity index (χ1v) is 4.34. The number of rotatable bonds is 4. The van der Waals surface area contributed by atoms with E-state index in [2.05, 4.69) is 32.2 Å². The molecule has 0 fully saturated rings. The van der Waals surface area contributed by atoms with Crippen LogP contribution in [0.3, 0.4) is 0 Å². The van der Waals surface area contributed by atoms with E-state index in [4.69, 9.17) is 5.73 Å². The van der Waals surface area contributed by atoms with Crippen LogP contribution in [0.25, 0.3) is 0 Å². The fourth-order valence-electron chi connectivity index (χ4n) is 0.719. The first kappa shape index (κ1) is 10.6. The van der Waals surface area contributed by atoms with E-state index in [1.54, 1.807) is 6.92 Å². The lowest BCUT2D eigenvalue weighted by molar-refractivity contribution is -0.122. The summed E-state index contributed by atoms with van der Waals surface area (Å²) in [5.41, 5.74) is 5.31. The summed E-state index contributed by atoms with van der Waals surface area (Å²) >= 11 is 4.68. The van der Waals surface area contributed by atoms with Crippen LogP contribution in [0, 0.1) is 5.92 Å². The van der Waals surface area contributed by atoms with Gasteiger partial charge in [-0.1, -0.05) is 17.4 Å². The Morgan fingerprint density at radius 2 is 2.57 bits per heavy atom. The maximum absolute atomic E-state index is 11.3. The van der Waals surface area contributed by atoms with Crippen molar-refractivity contribution in [3.63, 3.8) is 0 Å². The van der Waals surface area contributed by atoms with Crippen LogP contribution in [0.2, 0.25) is 0 Å². The molecule has 1 aromatic rings. The number of amides is 1. The molecule has 14 heavy (non-hydrogen) atoms. The van der Waals surface area contributed by atoms with E-state index in [1.165, 1.54) is 6.39 Å². The maximum atomic E-state index is 11.3. The SMILES string of the molecule is CC(C(=O)NCc1ncon1)C(N)=S. The second-order valence-corrected chi connectivity index (χ2v) is 3.16. The van der Waals surface area contributed by atoms with Crippen molar-refractivity contribution in [2.45, 2.75) is 13.5 Å². The Bertz CT molecular complexity index is 324. The number of hydrogen-bond acceptors (Lipinski definition) is 5. The molecular formula is C7H10N4O2S. The molecule has 0 spiro atoms. The van der Waals surface area contributed by atoms with Gasteiger partial charge in [0.2, 0.25) is 12.3 Å². The lowest BCUT2D eigenvalue weighted by Gasteiger charge is -2.08. The first-order valence-electron chi connectivity index (χ1n) is 3.93. The molecule has 1 amide bonds. The molecule has 0 aliphatic heterocycles. The van der Waals surface area contributed by atoms with Crippen LogP contribution in [0.15, 0.2) is 10.9 Å². The molecule has 6 nitrogen and oxygen atoms in total. The Morgan fingerprint density at radius 3 is 3.07 bits per heavy atom. The average Bonchev–Trinajstić information content (AvgIpc) is 2.65. The summed E-state index contributed by atoms with van der Waals surface area (Å²) in [4.78, 5) is 15.2. The Kier molecular flexibility index (Phi) is 3.52. The molecule has 1 atom stereocenters. The van der Waals surface area contributed by atoms with Gasteiger partial charge in [-0.25, -0.2) is 0 Å². The summed E-state index contributed by atoms with van der Waals surface area (Å²) in [5.74, 6) is -0.326. The van der Waals surface area contributed by atoms with Crippen molar-refractivity contribution in [3.05, 3.63) is 12.2 Å². The minimum absolute atomic E-state index is 0.163. The molecule has 0 radical (unpaired) electrons. The van der Waals surface area contributed by atoms with Crippen LogP contribution in [0.5, 0.6) is 0 Å². The minimum Gasteiger partial charge on any atom is -0.393 e. The second kappa shape index (κ2) is 4.66. The number of nitrogens with two attached hydrogens (primary N) is 1. The monoisotopic (exact) mass is 214 g/mol. The number of thiocarbonyl (C=S) groups is 1. The van der Waals surface area contributed by atoms with Gasteiger partial charge in [-0.2, -0.15) is 4.98 Å². The van der Waals surface area contributed by atoms with Gasteiger partial charge in [-0.3, -0.25) is 4.79 Å². The van der Waals surface area contributed by atoms with Crippen molar-refractivity contribution >= 4 is 23.1 Å². The summed E-state index contributed by atoms with van der Waals surface area (Å²) in [6.45, 7) is 1.84. The van der Waals surface area contributed by atoms with Gasteiger partial charge in [0.05, 0.1) is 17.5 Å². The molecule has 0 saturated carbocycles. The molecule has 7 heteroatoms. The number of nitrogens with one attached hydrogen (secondary N) is 1. The highest BCUT2D eigenvalue weighted by molar-refractivity contribution is 7.80. The Balaban J connectivity index is 2.39. The predicted octanol–water partition coefficient (Wildman–Crippen LogP) is -0.392. The fraction of sp³-hybridized carbons (Fsp3) is 0.429. The quantitative estimate of drug-likeness (QED) is 0.663. The number of aromatic nitrogens is 2. The van der Waals surface area contributed by atoms with Crippen molar-refractivity contribution in [2.75, 3.05) is 0 Å². The van der Waals surface area contributed by atoms with Crippen molar-refractivity contribution in [2.24, 2.45) is 11.7 Å². The number of carbonyl (C=O) groups excluding carboxylic acids is 1. The van der Waals surface area contributed by atoms with Gasteiger partial charge in [0.1, 0.15) is 0 Å². The molecule has 1 unspecified atom stereocenters. The fourth-order valence-corrected chi connectivity index (χ4v) is 0.826. The van der Waals surface area contributed by atoms with Crippen LogP contribution < -0.4 is 11.1 Å². The van der Waals surface area contributed by atoms with Gasteiger partial charge >= 0.3 is 0 Å². The topological polar surface area (TPSA) is 94.0 Å². The van der Waals surface area contributed by atoms with Crippen LogP contribution >= 0.6 is 12.2 Å². The molecular weight excluding hydrogens is 204 g/mol. The van der Waals surface area contributed by atoms with E-state index < -0.39 is 5.92 Å². The molecule has 0 saturated heterocycles. The molecule has 0 aliphatic rings. The van der Waals surface area contributed by atoms with Gasteiger partial charge in [-0.05, 0) is 6.92 Å². The normalized spacial score (nSPS) is 12.1. The van der Waals surface area contributed by atoms with Crippen LogP contribution in [0.1, 0.15) is 12.7 Å². The molecule has 1 rings (SSSR count). The third kappa shape index (κ3) is 2.77. The Labute approximate surface area is 85.9 Å². The summed E-state index contributed by atoms with van der Waals surface area (Å²) in [7, 11) is 0. The van der Waals surface area contributed by atoms with E-state index in [9.17, 15) is 4.79 Å². The minimum atomic E-state index is -0.489. The molecule has 3 N–H and O–H groups in total. The zero-order chi connectivity index (χ0) is 10.6. The smallest absolute Gasteiger partial charge is 0.230 e. The van der Waals surface area contributed by atoms with Crippen molar-refractivity contribution in [1.82, 2.24) is 15.5 Å². The Morgan fingerprint density at radius 1 is 1.86 bits per heavy atom. The lowest BCUT2D eigenvalue weighted by Crippen LogP contribution is -2.35. The zero-order valence-corrected chi connectivity index (χ0v) is 8.37. The van der Waals surface area contributed by atoms with E-state index in [0.717, 1.165) is 0 Å². The third-order valence-corrected chi connectivity index (χ3v) is 2.00. The van der Waals surface area contributed by atoms with Crippen LogP contribution in [-0.4, -0.2) is 21.0 Å². The van der Waals surface area contributed by atoms with E-state index >= 15 is 0 Å². The standard InChI is InChI=1S/C7H10N4O2S/c1-4(6(8)14)7(12)9-2-5-10-3-13-11-5/h3-4H,2H2,1H3,(H2,8,14)(H,9,12). The summed E-state index contributed by atoms with van der Waals surface area (Å²) < 4.78 is 4.49. The van der Waals surface area contributed by atoms with Crippen LogP contribution in [0.4, 0.5) is 0 Å². The predicted molar refractivity (Wildman–Crippen MR) is 52.1 cm³/mol. The van der Waals surface area contributed by atoms with Gasteiger partial charge < -0.3 is 15.6 Å². The van der Waals surface area contributed by atoms with Crippen molar-refractivity contribution in [1.29, 1.82) is 0 Å². The van der Waals surface area contributed by atoms with Crippen molar-refractivity contribution in [3.8, 4) is 0 Å². The highest BCUT2D eigenvalue weighted by Gasteiger charge is 2.15. The van der Waals surface area contributed by atoms with Gasteiger partial charge in [-0.15, -0.1) is 0 Å². The van der Waals surface area contributed by atoms with E-state index in [-0.39, 0.29) is 17.4 Å². The highest BCUT2D eigenvalue weighted by atomic mass is 32.1. The molecule has 76 valence electrons. The number of carbonyl (C=O) groups is 1. The molecule has 1 heterocycles. The molecule has 0 aliphatic carbocycles. The van der Waals surface area contributed by atoms with Gasteiger partial charge in [0.15, 0.2) is 5.82 Å². The molecule has 0 aromatic carbocycles. The first-order chi connectivity index (χ1) is 6.61. The summed E-state index contributed by atoms with van der Waals surface area (Å²) in [6.07, 6.45) is 1.19. The lowest BCUT2D eigenvalue weighted by atomic mass is 10.2. The zero-order valence-electron chi connectivity index (χ0n) is 7.56. The van der Waals surface area contributed by atoms with E-state index in [0.29, 0.717) is 5.82 Å². The largest absolute Gasteiger partial charge is 0.393 e. The van der Waals surface area contributed by atoms with Crippen LogP contribution in [-0.2, 0) is 11.3 Å². The average molecular weight is 214 g/mol. The number of hydrogen-bond donors (Lipinski definition) is 2. The third-order valence-electron chi connectivity index (χ3n) is 1.65. The summed E-state index contributed by atoms with van der Waals surface area (Å²) in [5, 5.41) is 6.10. The Hall–Kier alpha value is -1.50.